The molecule has 0 bridgehead atoms. The number of rotatable bonds is 3. The van der Waals surface area contributed by atoms with Crippen molar-refractivity contribution in [2.45, 2.75) is 26.3 Å². The molecule has 3 nitrogen and oxygen atoms in total. The second-order valence-corrected chi connectivity index (χ2v) is 1.83. The van der Waals surface area contributed by atoms with E-state index in [2.05, 4.69) is 4.84 Å². The second-order valence-electron chi connectivity index (χ2n) is 1.83. The normalized spacial score (nSPS) is 18.0. The zero-order valence-corrected chi connectivity index (χ0v) is 5.60. The Kier molecular flexibility index (Phi) is 3.77. The predicted octanol–water partition coefficient (Wildman–Crippen LogP) is -0.271. The van der Waals surface area contributed by atoms with Crippen LogP contribution in [0.2, 0.25) is 0 Å². The van der Waals surface area contributed by atoms with Crippen LogP contribution in [0.1, 0.15) is 20.3 Å². The molecule has 50 valence electrons. The smallest absolute Gasteiger partial charge is 0.114 e. The summed E-state index contributed by atoms with van der Waals surface area (Å²) in [6, 6.07) is 0.0556. The highest BCUT2D eigenvalue weighted by Gasteiger charge is 2.03. The van der Waals surface area contributed by atoms with Crippen molar-refractivity contribution >= 4 is 0 Å². The molecule has 0 heterocycles. The summed E-state index contributed by atoms with van der Waals surface area (Å²) >= 11 is 0. The summed E-state index contributed by atoms with van der Waals surface area (Å²) in [6.45, 7) is 3.81. The van der Waals surface area contributed by atoms with Crippen molar-refractivity contribution in [2.24, 2.45) is 0 Å². The minimum atomic E-state index is -0.118. The van der Waals surface area contributed by atoms with E-state index < -0.39 is 0 Å². The Morgan fingerprint density at radius 2 is 2.25 bits per heavy atom. The van der Waals surface area contributed by atoms with Crippen molar-refractivity contribution < 1.29 is 10.1 Å². The summed E-state index contributed by atoms with van der Waals surface area (Å²) in [5, 5.41) is 10.4. The lowest BCUT2D eigenvalue weighted by Gasteiger charge is -2.22. The first-order chi connectivity index (χ1) is 3.72. The molecule has 0 saturated carbocycles. The molecule has 0 aliphatic rings. The van der Waals surface area contributed by atoms with E-state index in [1.54, 1.807) is 0 Å². The van der Waals surface area contributed by atoms with Gasteiger partial charge in [0.1, 0.15) is 6.04 Å². The average molecular weight is 119 g/mol. The van der Waals surface area contributed by atoms with Gasteiger partial charge < -0.3 is 5.21 Å². The molecule has 3 heteroatoms. The van der Waals surface area contributed by atoms with Crippen LogP contribution in [0.15, 0.2) is 0 Å². The molecule has 0 aromatic carbocycles. The minimum absolute atomic E-state index is 0.0556. The zero-order valence-electron chi connectivity index (χ0n) is 5.60. The van der Waals surface area contributed by atoms with Crippen LogP contribution >= 0.6 is 0 Å². The Balaban J connectivity index is 3.29. The SMILES string of the molecule is CCC(C)[NH+]([O-])OC. The van der Waals surface area contributed by atoms with Gasteiger partial charge >= 0.3 is 0 Å². The molecule has 0 saturated heterocycles. The highest BCUT2D eigenvalue weighted by atomic mass is 16.9. The van der Waals surface area contributed by atoms with Gasteiger partial charge in [-0.05, 0) is 13.3 Å². The first-order valence-electron chi connectivity index (χ1n) is 2.80. The van der Waals surface area contributed by atoms with E-state index >= 15 is 0 Å². The first kappa shape index (κ1) is 7.88. The number of quaternary nitrogens is 1. The minimum Gasteiger partial charge on any atom is -0.600 e. The van der Waals surface area contributed by atoms with Gasteiger partial charge in [-0.1, -0.05) is 6.92 Å². The number of hydrogen-bond acceptors (Lipinski definition) is 2. The summed E-state index contributed by atoms with van der Waals surface area (Å²) in [4.78, 5) is 4.46. The van der Waals surface area contributed by atoms with Crippen molar-refractivity contribution in [3.05, 3.63) is 5.21 Å². The maximum absolute atomic E-state index is 10.5. The van der Waals surface area contributed by atoms with Crippen LogP contribution < -0.4 is 5.23 Å². The molecule has 2 atom stereocenters. The van der Waals surface area contributed by atoms with Crippen molar-refractivity contribution in [3.63, 3.8) is 0 Å². The Hall–Kier alpha value is -0.120. The van der Waals surface area contributed by atoms with E-state index in [-0.39, 0.29) is 11.3 Å². The summed E-state index contributed by atoms with van der Waals surface area (Å²) < 4.78 is 0. The third kappa shape index (κ3) is 2.26. The summed E-state index contributed by atoms with van der Waals surface area (Å²) in [7, 11) is 1.41. The van der Waals surface area contributed by atoms with Gasteiger partial charge in [0.25, 0.3) is 0 Å². The van der Waals surface area contributed by atoms with E-state index in [1.165, 1.54) is 7.11 Å². The van der Waals surface area contributed by atoms with Crippen LogP contribution in [0.5, 0.6) is 0 Å². The largest absolute Gasteiger partial charge is 0.600 e. The fraction of sp³-hybridized carbons (Fsp3) is 1.00. The molecule has 0 spiro atoms. The standard InChI is InChI=1S/C5H13NO2/c1-4-5(2)6(7)8-3/h5-6H,4H2,1-3H3. The molecule has 0 aromatic heterocycles. The number of hydrogen-bond donors (Lipinski definition) is 1. The number of hydroxylamine groups is 2. The van der Waals surface area contributed by atoms with Crippen LogP contribution in [0.25, 0.3) is 0 Å². The Morgan fingerprint density at radius 1 is 1.75 bits per heavy atom. The Labute approximate surface area is 49.8 Å². The molecule has 0 radical (unpaired) electrons. The van der Waals surface area contributed by atoms with Crippen LogP contribution in [0.4, 0.5) is 0 Å². The van der Waals surface area contributed by atoms with Gasteiger partial charge in [-0.3, -0.25) is 0 Å². The van der Waals surface area contributed by atoms with Gasteiger partial charge in [-0.15, -0.1) is 0 Å². The van der Waals surface area contributed by atoms with Crippen molar-refractivity contribution in [1.29, 1.82) is 0 Å². The van der Waals surface area contributed by atoms with Crippen molar-refractivity contribution in [1.82, 2.24) is 0 Å². The summed E-state index contributed by atoms with van der Waals surface area (Å²) in [6.07, 6.45) is 0.854. The molecule has 0 aromatic rings. The lowest BCUT2D eigenvalue weighted by atomic mass is 10.3. The Bertz CT molecular complexity index is 50.4. The summed E-state index contributed by atoms with van der Waals surface area (Å²) in [5.74, 6) is 0. The van der Waals surface area contributed by atoms with E-state index in [9.17, 15) is 5.21 Å². The lowest BCUT2D eigenvalue weighted by molar-refractivity contribution is -1.07. The maximum Gasteiger partial charge on any atom is 0.114 e. The monoisotopic (exact) mass is 119 g/mol. The molecule has 2 unspecified atom stereocenters. The van der Waals surface area contributed by atoms with Gasteiger partial charge in [0, 0.05) is 0 Å². The van der Waals surface area contributed by atoms with E-state index in [1.807, 2.05) is 13.8 Å². The maximum atomic E-state index is 10.5. The van der Waals surface area contributed by atoms with E-state index in [0.29, 0.717) is 0 Å². The molecule has 1 N–H and O–H groups in total. The first-order valence-corrected chi connectivity index (χ1v) is 2.80. The fourth-order valence-electron chi connectivity index (χ4n) is 0.368. The van der Waals surface area contributed by atoms with Crippen molar-refractivity contribution in [3.8, 4) is 0 Å². The van der Waals surface area contributed by atoms with Crippen LogP contribution in [-0.2, 0) is 4.84 Å². The molecule has 0 fully saturated rings. The molecule has 0 aliphatic carbocycles. The lowest BCUT2D eigenvalue weighted by Crippen LogP contribution is -3.09. The molecule has 8 heavy (non-hydrogen) atoms. The Morgan fingerprint density at radius 3 is 2.38 bits per heavy atom. The van der Waals surface area contributed by atoms with Crippen LogP contribution in [-0.4, -0.2) is 13.2 Å². The third-order valence-electron chi connectivity index (χ3n) is 1.22. The van der Waals surface area contributed by atoms with Gasteiger partial charge in [-0.25, -0.2) is 10.1 Å². The predicted molar refractivity (Wildman–Crippen MR) is 31.1 cm³/mol. The van der Waals surface area contributed by atoms with E-state index in [0.717, 1.165) is 6.42 Å². The fourth-order valence-corrected chi connectivity index (χ4v) is 0.368. The van der Waals surface area contributed by atoms with Gasteiger partial charge in [0.2, 0.25) is 0 Å². The topological polar surface area (TPSA) is 36.7 Å². The van der Waals surface area contributed by atoms with E-state index in [4.69, 9.17) is 0 Å². The third-order valence-corrected chi connectivity index (χ3v) is 1.22. The van der Waals surface area contributed by atoms with Crippen molar-refractivity contribution in [2.75, 3.05) is 7.11 Å². The molecular formula is C5H13NO2. The molecule has 0 amide bonds. The van der Waals surface area contributed by atoms with Gasteiger partial charge in [-0.2, -0.15) is 0 Å². The molecule has 0 rings (SSSR count). The van der Waals surface area contributed by atoms with Gasteiger partial charge in [0.05, 0.1) is 7.11 Å². The van der Waals surface area contributed by atoms with Gasteiger partial charge in [0.15, 0.2) is 0 Å². The van der Waals surface area contributed by atoms with Crippen LogP contribution in [0, 0.1) is 5.21 Å². The highest BCUT2D eigenvalue weighted by molar-refractivity contribution is 4.36. The highest BCUT2D eigenvalue weighted by Crippen LogP contribution is 1.79. The zero-order chi connectivity index (χ0) is 6.57. The second kappa shape index (κ2) is 3.83. The molecule has 0 aliphatic heterocycles. The number of nitrogens with one attached hydrogen (secondary N) is 1. The summed E-state index contributed by atoms with van der Waals surface area (Å²) in [5.41, 5.74) is 0. The van der Waals surface area contributed by atoms with Crippen LogP contribution in [0.3, 0.4) is 0 Å². The quantitative estimate of drug-likeness (QED) is 0.519. The average Bonchev–Trinajstić information content (AvgIpc) is 1.84. The molecular weight excluding hydrogens is 106 g/mol.